The van der Waals surface area contributed by atoms with Crippen molar-refractivity contribution in [1.29, 1.82) is 0 Å². The van der Waals surface area contributed by atoms with Gasteiger partial charge in [-0.05, 0) is 56.6 Å². The molecule has 4 heteroatoms. The second kappa shape index (κ2) is 8.54. The third-order valence-corrected chi connectivity index (χ3v) is 4.95. The number of halogens is 1. The Kier molecular flexibility index (Phi) is 6.71. The lowest BCUT2D eigenvalue weighted by molar-refractivity contribution is 0.0600. The number of benzene rings is 1. The van der Waals surface area contributed by atoms with E-state index in [-0.39, 0.29) is 12.5 Å². The average Bonchev–Trinajstić information content (AvgIpc) is 2.54. The summed E-state index contributed by atoms with van der Waals surface area (Å²) < 4.78 is 0. The minimum atomic E-state index is 0.0538. The molecule has 122 valence electrons. The number of carbonyl (C=O) groups excluding carboxylic acids is 1. The highest BCUT2D eigenvalue weighted by molar-refractivity contribution is 6.33. The second-order valence-corrected chi connectivity index (χ2v) is 6.57. The van der Waals surface area contributed by atoms with Crippen LogP contribution < -0.4 is 0 Å². The van der Waals surface area contributed by atoms with Gasteiger partial charge in [0, 0.05) is 19.2 Å². The van der Waals surface area contributed by atoms with Gasteiger partial charge in [0.2, 0.25) is 0 Å². The number of rotatable bonds is 6. The summed E-state index contributed by atoms with van der Waals surface area (Å²) in [6, 6.07) is 7.60. The van der Waals surface area contributed by atoms with Crippen LogP contribution in [0.15, 0.2) is 24.3 Å². The lowest BCUT2D eigenvalue weighted by atomic mass is 9.83. The average molecular weight is 324 g/mol. The van der Waals surface area contributed by atoms with Crippen molar-refractivity contribution in [3.05, 3.63) is 34.9 Å². The Morgan fingerprint density at radius 1 is 1.27 bits per heavy atom. The van der Waals surface area contributed by atoms with Gasteiger partial charge in [0.15, 0.2) is 0 Å². The fourth-order valence-corrected chi connectivity index (χ4v) is 3.62. The minimum Gasteiger partial charge on any atom is -0.396 e. The quantitative estimate of drug-likeness (QED) is 0.855. The van der Waals surface area contributed by atoms with Gasteiger partial charge in [-0.15, -0.1) is 0 Å². The summed E-state index contributed by atoms with van der Waals surface area (Å²) in [5.41, 5.74) is 0.607. The zero-order valence-corrected chi connectivity index (χ0v) is 14.1. The van der Waals surface area contributed by atoms with Crippen LogP contribution in [-0.2, 0) is 0 Å². The Hall–Kier alpha value is -1.06. The predicted octanol–water partition coefficient (Wildman–Crippen LogP) is 4.13. The van der Waals surface area contributed by atoms with Crippen molar-refractivity contribution in [1.82, 2.24) is 4.90 Å². The molecule has 0 bridgehead atoms. The van der Waals surface area contributed by atoms with E-state index in [9.17, 15) is 4.79 Å². The van der Waals surface area contributed by atoms with Gasteiger partial charge >= 0.3 is 0 Å². The molecule has 2 rings (SSSR count). The van der Waals surface area contributed by atoms with Crippen molar-refractivity contribution >= 4 is 17.5 Å². The first kappa shape index (κ1) is 17.3. The van der Waals surface area contributed by atoms with Crippen molar-refractivity contribution in [2.24, 2.45) is 5.92 Å². The summed E-state index contributed by atoms with van der Waals surface area (Å²) in [5.74, 6) is 0.665. The standard InChI is InChI=1S/C18H26ClNO2/c1-2-12-20(15-9-7-14(8-10-15)11-13-21)18(22)16-5-3-4-6-17(16)19/h3-6,14-15,21H,2,7-13H2,1H3. The zero-order valence-electron chi connectivity index (χ0n) is 13.3. The van der Waals surface area contributed by atoms with Crippen LogP contribution in [0.2, 0.25) is 5.02 Å². The maximum Gasteiger partial charge on any atom is 0.255 e. The van der Waals surface area contributed by atoms with E-state index in [2.05, 4.69) is 6.92 Å². The molecule has 0 aromatic heterocycles. The van der Waals surface area contributed by atoms with Crippen LogP contribution in [-0.4, -0.2) is 35.1 Å². The van der Waals surface area contributed by atoms with Crippen molar-refractivity contribution < 1.29 is 9.90 Å². The van der Waals surface area contributed by atoms with Gasteiger partial charge < -0.3 is 10.0 Å². The lowest BCUT2D eigenvalue weighted by Crippen LogP contribution is -2.43. The Morgan fingerprint density at radius 3 is 2.55 bits per heavy atom. The third kappa shape index (κ3) is 4.23. The minimum absolute atomic E-state index is 0.0538. The molecule has 0 heterocycles. The molecular weight excluding hydrogens is 298 g/mol. The van der Waals surface area contributed by atoms with Crippen molar-refractivity contribution in [3.63, 3.8) is 0 Å². The van der Waals surface area contributed by atoms with E-state index in [1.807, 2.05) is 23.1 Å². The topological polar surface area (TPSA) is 40.5 Å². The SMILES string of the molecule is CCCN(C(=O)c1ccccc1Cl)C1CCC(CCO)CC1. The van der Waals surface area contributed by atoms with Gasteiger partial charge in [-0.2, -0.15) is 0 Å². The van der Waals surface area contributed by atoms with E-state index in [1.54, 1.807) is 6.07 Å². The van der Waals surface area contributed by atoms with E-state index in [0.717, 1.165) is 45.1 Å². The molecule has 1 aliphatic rings. The molecule has 0 atom stereocenters. The van der Waals surface area contributed by atoms with Gasteiger partial charge in [0.25, 0.3) is 5.91 Å². The van der Waals surface area contributed by atoms with E-state index < -0.39 is 0 Å². The number of amides is 1. The number of nitrogens with zero attached hydrogens (tertiary/aromatic N) is 1. The summed E-state index contributed by atoms with van der Waals surface area (Å²) in [6.45, 7) is 3.15. The molecule has 1 fully saturated rings. The van der Waals surface area contributed by atoms with Crippen LogP contribution in [0.1, 0.15) is 55.8 Å². The van der Waals surface area contributed by atoms with Crippen LogP contribution in [0.3, 0.4) is 0 Å². The lowest BCUT2D eigenvalue weighted by Gasteiger charge is -2.37. The number of hydrogen-bond donors (Lipinski definition) is 1. The van der Waals surface area contributed by atoms with Crippen LogP contribution >= 0.6 is 11.6 Å². The Bertz CT molecular complexity index is 484. The molecule has 3 nitrogen and oxygen atoms in total. The van der Waals surface area contributed by atoms with Crippen LogP contribution in [0.25, 0.3) is 0 Å². The number of hydrogen-bond acceptors (Lipinski definition) is 2. The molecule has 0 unspecified atom stereocenters. The van der Waals surface area contributed by atoms with E-state index in [1.165, 1.54) is 0 Å². The maximum absolute atomic E-state index is 12.9. The van der Waals surface area contributed by atoms with Crippen LogP contribution in [0.4, 0.5) is 0 Å². The first-order valence-corrected chi connectivity index (χ1v) is 8.71. The molecule has 1 amide bonds. The molecule has 1 aliphatic carbocycles. The fraction of sp³-hybridized carbons (Fsp3) is 0.611. The summed E-state index contributed by atoms with van der Waals surface area (Å²) >= 11 is 6.19. The summed E-state index contributed by atoms with van der Waals surface area (Å²) in [7, 11) is 0. The Labute approximate surface area is 138 Å². The van der Waals surface area contributed by atoms with E-state index in [4.69, 9.17) is 16.7 Å². The molecule has 1 saturated carbocycles. The number of aliphatic hydroxyl groups is 1. The smallest absolute Gasteiger partial charge is 0.255 e. The van der Waals surface area contributed by atoms with Gasteiger partial charge in [-0.25, -0.2) is 0 Å². The van der Waals surface area contributed by atoms with Gasteiger partial charge in [0.05, 0.1) is 10.6 Å². The normalized spacial score (nSPS) is 21.6. The summed E-state index contributed by atoms with van der Waals surface area (Å²) in [6.07, 6.45) is 6.09. The van der Waals surface area contributed by atoms with Crippen molar-refractivity contribution in [3.8, 4) is 0 Å². The first-order valence-electron chi connectivity index (χ1n) is 8.33. The zero-order chi connectivity index (χ0) is 15.9. The van der Waals surface area contributed by atoms with Crippen LogP contribution in [0.5, 0.6) is 0 Å². The number of aliphatic hydroxyl groups excluding tert-OH is 1. The largest absolute Gasteiger partial charge is 0.396 e. The van der Waals surface area contributed by atoms with E-state index in [0.29, 0.717) is 22.5 Å². The molecule has 0 aliphatic heterocycles. The van der Waals surface area contributed by atoms with Gasteiger partial charge in [-0.1, -0.05) is 30.7 Å². The first-order chi connectivity index (χ1) is 10.7. The molecular formula is C18H26ClNO2. The molecule has 22 heavy (non-hydrogen) atoms. The monoisotopic (exact) mass is 323 g/mol. The molecule has 1 N–H and O–H groups in total. The molecule has 0 radical (unpaired) electrons. The summed E-state index contributed by atoms with van der Waals surface area (Å²) in [4.78, 5) is 14.9. The fourth-order valence-electron chi connectivity index (χ4n) is 3.41. The van der Waals surface area contributed by atoms with E-state index >= 15 is 0 Å². The molecule has 1 aromatic carbocycles. The van der Waals surface area contributed by atoms with Crippen LogP contribution in [0, 0.1) is 5.92 Å². The third-order valence-electron chi connectivity index (χ3n) is 4.62. The molecule has 0 spiro atoms. The highest BCUT2D eigenvalue weighted by atomic mass is 35.5. The Morgan fingerprint density at radius 2 is 1.95 bits per heavy atom. The Balaban J connectivity index is 2.07. The highest BCUT2D eigenvalue weighted by Gasteiger charge is 2.29. The predicted molar refractivity (Wildman–Crippen MR) is 90.2 cm³/mol. The van der Waals surface area contributed by atoms with Crippen molar-refractivity contribution in [2.45, 2.75) is 51.5 Å². The highest BCUT2D eigenvalue weighted by Crippen LogP contribution is 2.31. The van der Waals surface area contributed by atoms with Gasteiger partial charge in [0.1, 0.15) is 0 Å². The van der Waals surface area contributed by atoms with Gasteiger partial charge in [-0.3, -0.25) is 4.79 Å². The number of carbonyl (C=O) groups is 1. The second-order valence-electron chi connectivity index (χ2n) is 6.17. The summed E-state index contributed by atoms with van der Waals surface area (Å²) in [5, 5.41) is 9.60. The maximum atomic E-state index is 12.9. The molecule has 0 saturated heterocycles. The molecule has 1 aromatic rings. The van der Waals surface area contributed by atoms with Crippen molar-refractivity contribution in [2.75, 3.05) is 13.2 Å².